The van der Waals surface area contributed by atoms with Crippen LogP contribution >= 0.6 is 15.9 Å². The molecule has 2 aromatic rings. The molecule has 2 aliphatic rings. The average Bonchev–Trinajstić information content (AvgIpc) is 3.28. The van der Waals surface area contributed by atoms with Crippen molar-refractivity contribution in [2.75, 3.05) is 5.73 Å². The minimum atomic E-state index is -0.256. The molecule has 0 amide bonds. The minimum absolute atomic E-state index is 0.256. The van der Waals surface area contributed by atoms with E-state index in [1.807, 2.05) is 4.57 Å². The lowest BCUT2D eigenvalue weighted by atomic mass is 9.98. The molecule has 0 spiro atoms. The number of rotatable bonds is 4. The van der Waals surface area contributed by atoms with Crippen LogP contribution in [-0.2, 0) is 6.54 Å². The van der Waals surface area contributed by atoms with Gasteiger partial charge in [-0.1, -0.05) is 0 Å². The van der Waals surface area contributed by atoms with Gasteiger partial charge in [-0.2, -0.15) is 0 Å². The molecule has 4 rings (SSSR count). The van der Waals surface area contributed by atoms with Crippen molar-refractivity contribution in [1.82, 2.24) is 9.55 Å². The Morgan fingerprint density at radius 2 is 1.95 bits per heavy atom. The van der Waals surface area contributed by atoms with E-state index in [9.17, 15) is 4.39 Å². The first kappa shape index (κ1) is 12.6. The Kier molecular flexibility index (Phi) is 2.81. The molecule has 3 nitrogen and oxygen atoms in total. The zero-order valence-electron chi connectivity index (χ0n) is 11.1. The van der Waals surface area contributed by atoms with Gasteiger partial charge in [0.05, 0.1) is 15.5 Å². The lowest BCUT2D eigenvalue weighted by Crippen LogP contribution is -2.16. The fourth-order valence-corrected chi connectivity index (χ4v) is 3.60. The number of hydrogen-bond acceptors (Lipinski definition) is 2. The van der Waals surface area contributed by atoms with Crippen LogP contribution in [0, 0.1) is 23.6 Å². The second-order valence-corrected chi connectivity index (χ2v) is 7.03. The normalized spacial score (nSPS) is 19.1. The van der Waals surface area contributed by atoms with Crippen LogP contribution < -0.4 is 5.73 Å². The van der Waals surface area contributed by atoms with Crippen LogP contribution in [0.1, 0.15) is 25.7 Å². The second kappa shape index (κ2) is 4.45. The number of benzene rings is 1. The van der Waals surface area contributed by atoms with E-state index in [2.05, 4.69) is 20.9 Å². The molecule has 1 aromatic carbocycles. The van der Waals surface area contributed by atoms with Crippen LogP contribution in [0.2, 0.25) is 0 Å². The molecule has 0 unspecified atom stereocenters. The van der Waals surface area contributed by atoms with Crippen molar-refractivity contribution in [3.63, 3.8) is 0 Å². The molecule has 0 aliphatic heterocycles. The Morgan fingerprint density at radius 1 is 1.30 bits per heavy atom. The van der Waals surface area contributed by atoms with E-state index in [-0.39, 0.29) is 5.82 Å². The molecule has 2 aliphatic carbocycles. The van der Waals surface area contributed by atoms with Gasteiger partial charge in [-0.25, -0.2) is 9.37 Å². The molecule has 0 bridgehead atoms. The molecule has 2 fully saturated rings. The first-order chi connectivity index (χ1) is 9.63. The number of nitrogens with two attached hydrogens (primary N) is 1. The lowest BCUT2D eigenvalue weighted by Gasteiger charge is -2.17. The van der Waals surface area contributed by atoms with Gasteiger partial charge in [0.1, 0.15) is 5.82 Å². The predicted octanol–water partition coefficient (Wildman–Crippen LogP) is 3.96. The minimum Gasteiger partial charge on any atom is -0.369 e. The third kappa shape index (κ3) is 2.12. The Bertz CT molecular complexity index is 661. The maximum atomic E-state index is 13.8. The molecule has 0 atom stereocenters. The number of anilines is 1. The van der Waals surface area contributed by atoms with Crippen LogP contribution in [0.5, 0.6) is 0 Å². The molecule has 0 radical (unpaired) electrons. The van der Waals surface area contributed by atoms with Crippen LogP contribution in [0.25, 0.3) is 11.0 Å². The fourth-order valence-electron chi connectivity index (χ4n) is 3.27. The topological polar surface area (TPSA) is 43.8 Å². The largest absolute Gasteiger partial charge is 0.369 e. The highest BCUT2D eigenvalue weighted by Gasteiger charge is 2.41. The van der Waals surface area contributed by atoms with Crippen molar-refractivity contribution in [2.45, 2.75) is 32.2 Å². The van der Waals surface area contributed by atoms with E-state index >= 15 is 0 Å². The highest BCUT2D eigenvalue weighted by Crippen LogP contribution is 2.50. The summed E-state index contributed by atoms with van der Waals surface area (Å²) >= 11 is 3.20. The van der Waals surface area contributed by atoms with Gasteiger partial charge in [0.25, 0.3) is 0 Å². The van der Waals surface area contributed by atoms with Gasteiger partial charge in [0, 0.05) is 12.6 Å². The van der Waals surface area contributed by atoms with Crippen molar-refractivity contribution >= 4 is 32.9 Å². The maximum absolute atomic E-state index is 13.8. The van der Waals surface area contributed by atoms with Gasteiger partial charge in [-0.15, -0.1) is 0 Å². The summed E-state index contributed by atoms with van der Waals surface area (Å²) in [5.74, 6) is 2.64. The molecule has 0 saturated heterocycles. The Hall–Kier alpha value is -1.10. The van der Waals surface area contributed by atoms with Gasteiger partial charge in [0.2, 0.25) is 5.95 Å². The van der Waals surface area contributed by atoms with Crippen LogP contribution in [0.15, 0.2) is 16.6 Å². The van der Waals surface area contributed by atoms with Crippen molar-refractivity contribution in [3.05, 3.63) is 22.4 Å². The number of imidazole rings is 1. The highest BCUT2D eigenvalue weighted by molar-refractivity contribution is 9.10. The number of fused-ring (bicyclic) bond motifs is 1. The number of halogens is 2. The monoisotopic (exact) mass is 337 g/mol. The first-order valence-electron chi connectivity index (χ1n) is 7.24. The summed E-state index contributed by atoms with van der Waals surface area (Å²) in [4.78, 5) is 4.37. The van der Waals surface area contributed by atoms with Crippen molar-refractivity contribution in [2.24, 2.45) is 17.8 Å². The highest BCUT2D eigenvalue weighted by atomic mass is 79.9. The summed E-state index contributed by atoms with van der Waals surface area (Å²) in [6, 6.07) is 3.25. The molecular weight excluding hydrogens is 321 g/mol. The van der Waals surface area contributed by atoms with Crippen molar-refractivity contribution in [3.8, 4) is 0 Å². The third-order valence-corrected chi connectivity index (χ3v) is 5.28. The smallest absolute Gasteiger partial charge is 0.201 e. The van der Waals surface area contributed by atoms with Crippen LogP contribution in [-0.4, -0.2) is 9.55 Å². The number of nitrogen functional groups attached to an aromatic ring is 1. The zero-order chi connectivity index (χ0) is 13.9. The van der Waals surface area contributed by atoms with Crippen molar-refractivity contribution < 1.29 is 4.39 Å². The lowest BCUT2D eigenvalue weighted by molar-refractivity contribution is 0.355. The molecule has 2 saturated carbocycles. The van der Waals surface area contributed by atoms with E-state index in [1.54, 1.807) is 12.1 Å². The Balaban J connectivity index is 1.74. The molecule has 1 aromatic heterocycles. The van der Waals surface area contributed by atoms with Crippen LogP contribution in [0.3, 0.4) is 0 Å². The quantitative estimate of drug-likeness (QED) is 0.917. The standard InChI is InChI=1S/C15H17BrFN3/c16-11-5-13-14(6-12(11)17)20(15(18)19-13)7-10(8-1-2-8)9-3-4-9/h5-6,8-10H,1-4,7H2,(H2,18,19). The van der Waals surface area contributed by atoms with E-state index in [0.717, 1.165) is 29.4 Å². The molecule has 1 heterocycles. The van der Waals surface area contributed by atoms with E-state index in [1.165, 1.54) is 25.7 Å². The third-order valence-electron chi connectivity index (χ3n) is 4.67. The number of hydrogen-bond donors (Lipinski definition) is 1. The maximum Gasteiger partial charge on any atom is 0.201 e. The first-order valence-corrected chi connectivity index (χ1v) is 8.03. The molecule has 106 valence electrons. The summed E-state index contributed by atoms with van der Waals surface area (Å²) in [5.41, 5.74) is 7.64. The average molecular weight is 338 g/mol. The van der Waals surface area contributed by atoms with Gasteiger partial charge in [-0.05, 0) is 65.4 Å². The molecule has 2 N–H and O–H groups in total. The van der Waals surface area contributed by atoms with Gasteiger partial charge in [-0.3, -0.25) is 0 Å². The van der Waals surface area contributed by atoms with Gasteiger partial charge < -0.3 is 10.3 Å². The van der Waals surface area contributed by atoms with Gasteiger partial charge in [0.15, 0.2) is 0 Å². The van der Waals surface area contributed by atoms with Crippen LogP contribution in [0.4, 0.5) is 10.3 Å². The predicted molar refractivity (Wildman–Crippen MR) is 80.7 cm³/mol. The summed E-state index contributed by atoms with van der Waals surface area (Å²) in [5, 5.41) is 0. The number of aromatic nitrogens is 2. The number of nitrogens with zero attached hydrogens (tertiary/aromatic N) is 2. The Morgan fingerprint density at radius 3 is 2.55 bits per heavy atom. The molecule has 5 heteroatoms. The zero-order valence-corrected chi connectivity index (χ0v) is 12.7. The summed E-state index contributed by atoms with van der Waals surface area (Å²) in [6.45, 7) is 0.888. The van der Waals surface area contributed by atoms with E-state index in [4.69, 9.17) is 5.73 Å². The Labute approximate surface area is 125 Å². The molecule has 20 heavy (non-hydrogen) atoms. The SMILES string of the molecule is Nc1nc2cc(Br)c(F)cc2n1CC(C1CC1)C1CC1. The fraction of sp³-hybridized carbons (Fsp3) is 0.533. The summed E-state index contributed by atoms with van der Waals surface area (Å²) < 4.78 is 16.2. The molecular formula is C15H17BrFN3. The second-order valence-electron chi connectivity index (χ2n) is 6.17. The van der Waals surface area contributed by atoms with Crippen molar-refractivity contribution in [1.29, 1.82) is 0 Å². The summed E-state index contributed by atoms with van der Waals surface area (Å²) in [6.07, 6.45) is 5.36. The summed E-state index contributed by atoms with van der Waals surface area (Å²) in [7, 11) is 0. The van der Waals surface area contributed by atoms with Gasteiger partial charge >= 0.3 is 0 Å². The van der Waals surface area contributed by atoms with E-state index < -0.39 is 0 Å². The van der Waals surface area contributed by atoms with E-state index in [0.29, 0.717) is 16.3 Å².